The Kier molecular flexibility index (Phi) is 5.13. The van der Waals surface area contributed by atoms with Gasteiger partial charge < -0.3 is 10.4 Å². The van der Waals surface area contributed by atoms with Crippen molar-refractivity contribution >= 4 is 39.1 Å². The average Bonchev–Trinajstić information content (AvgIpc) is 2.82. The lowest BCUT2D eigenvalue weighted by Crippen LogP contribution is -2.31. The summed E-state index contributed by atoms with van der Waals surface area (Å²) in [6.07, 6.45) is 5.00. The van der Waals surface area contributed by atoms with Crippen molar-refractivity contribution in [2.45, 2.75) is 17.7 Å². The van der Waals surface area contributed by atoms with Crippen LogP contribution in [0.3, 0.4) is 0 Å². The molecule has 1 amide bonds. The first-order valence-corrected chi connectivity index (χ1v) is 10.1. The van der Waals surface area contributed by atoms with Gasteiger partial charge in [-0.25, -0.2) is 0 Å². The SMILES string of the molecule is O=C1CN=C(c2ccc(O)cc2)C2=C(C=CC(Cl)(Cc3ccccc3Br)C2)N1. The lowest BCUT2D eigenvalue weighted by atomic mass is 9.83. The number of allylic oxidation sites excluding steroid dienone is 3. The van der Waals surface area contributed by atoms with Gasteiger partial charge >= 0.3 is 0 Å². The molecular formula is C22H18BrClN2O2. The Hall–Kier alpha value is -2.37. The highest BCUT2D eigenvalue weighted by Gasteiger charge is 2.34. The van der Waals surface area contributed by atoms with Crippen LogP contribution in [0.25, 0.3) is 0 Å². The minimum Gasteiger partial charge on any atom is -0.508 e. The molecule has 0 spiro atoms. The molecule has 0 saturated carbocycles. The quantitative estimate of drug-likeness (QED) is 0.666. The first kappa shape index (κ1) is 19.0. The van der Waals surface area contributed by atoms with Crippen LogP contribution in [0.1, 0.15) is 17.5 Å². The second-order valence-corrected chi connectivity index (χ2v) is 8.57. The molecule has 2 aliphatic rings. The lowest BCUT2D eigenvalue weighted by Gasteiger charge is -2.30. The van der Waals surface area contributed by atoms with Crippen LogP contribution in [-0.4, -0.2) is 28.1 Å². The molecule has 6 heteroatoms. The number of aromatic hydroxyl groups is 1. The number of hydrogen-bond donors (Lipinski definition) is 2. The van der Waals surface area contributed by atoms with Crippen molar-refractivity contribution in [2.24, 2.45) is 4.99 Å². The van der Waals surface area contributed by atoms with E-state index in [0.29, 0.717) is 12.8 Å². The van der Waals surface area contributed by atoms with Crippen LogP contribution in [0, 0.1) is 0 Å². The zero-order chi connectivity index (χ0) is 19.7. The molecule has 1 unspecified atom stereocenters. The van der Waals surface area contributed by atoms with Crippen LogP contribution in [0.4, 0.5) is 0 Å². The number of hydrogen-bond acceptors (Lipinski definition) is 3. The summed E-state index contributed by atoms with van der Waals surface area (Å²) in [5, 5.41) is 12.5. The van der Waals surface area contributed by atoms with Gasteiger partial charge in [0.15, 0.2) is 0 Å². The molecule has 4 nitrogen and oxygen atoms in total. The van der Waals surface area contributed by atoms with Gasteiger partial charge in [-0.1, -0.05) is 40.2 Å². The van der Waals surface area contributed by atoms with Crippen molar-refractivity contribution < 1.29 is 9.90 Å². The maximum Gasteiger partial charge on any atom is 0.246 e. The van der Waals surface area contributed by atoms with Gasteiger partial charge in [0.05, 0.1) is 10.6 Å². The Balaban J connectivity index is 1.71. The number of nitrogens with zero attached hydrogens (tertiary/aromatic N) is 1. The van der Waals surface area contributed by atoms with Crippen LogP contribution in [0.5, 0.6) is 5.75 Å². The normalized spacial score (nSPS) is 21.6. The molecule has 0 aromatic heterocycles. The van der Waals surface area contributed by atoms with Gasteiger partial charge in [0.25, 0.3) is 0 Å². The molecule has 1 aliphatic carbocycles. The Morgan fingerprint density at radius 1 is 1.18 bits per heavy atom. The van der Waals surface area contributed by atoms with Crippen molar-refractivity contribution in [3.63, 3.8) is 0 Å². The monoisotopic (exact) mass is 456 g/mol. The van der Waals surface area contributed by atoms with Crippen molar-refractivity contribution in [3.05, 3.63) is 87.6 Å². The summed E-state index contributed by atoms with van der Waals surface area (Å²) in [6.45, 7) is 0.0522. The van der Waals surface area contributed by atoms with Crippen molar-refractivity contribution in [1.82, 2.24) is 5.32 Å². The predicted molar refractivity (Wildman–Crippen MR) is 115 cm³/mol. The van der Waals surface area contributed by atoms with Crippen LogP contribution in [0.15, 0.2) is 81.4 Å². The summed E-state index contributed by atoms with van der Waals surface area (Å²) >= 11 is 10.6. The highest BCUT2D eigenvalue weighted by molar-refractivity contribution is 9.10. The fourth-order valence-corrected chi connectivity index (χ4v) is 4.28. The van der Waals surface area contributed by atoms with E-state index >= 15 is 0 Å². The second-order valence-electron chi connectivity index (χ2n) is 6.97. The molecule has 0 saturated heterocycles. The van der Waals surface area contributed by atoms with E-state index in [4.69, 9.17) is 11.6 Å². The largest absolute Gasteiger partial charge is 0.508 e. The van der Waals surface area contributed by atoms with E-state index in [1.54, 1.807) is 24.3 Å². The molecular weight excluding hydrogens is 440 g/mol. The Bertz CT molecular complexity index is 1030. The molecule has 0 radical (unpaired) electrons. The number of aliphatic imine (C=N–C) groups is 1. The van der Waals surface area contributed by atoms with Crippen molar-refractivity contribution in [2.75, 3.05) is 6.54 Å². The van der Waals surface area contributed by atoms with Crippen molar-refractivity contribution in [1.29, 1.82) is 0 Å². The number of halogens is 2. The maximum absolute atomic E-state index is 12.1. The van der Waals surface area contributed by atoms with Gasteiger partial charge in [-0.3, -0.25) is 9.79 Å². The van der Waals surface area contributed by atoms with Gasteiger partial charge in [0.1, 0.15) is 12.3 Å². The summed E-state index contributed by atoms with van der Waals surface area (Å²) < 4.78 is 1.02. The molecule has 1 heterocycles. The minimum atomic E-state index is -0.630. The van der Waals surface area contributed by atoms with Crippen LogP contribution >= 0.6 is 27.5 Å². The first-order chi connectivity index (χ1) is 13.4. The Morgan fingerprint density at radius 3 is 2.68 bits per heavy atom. The maximum atomic E-state index is 12.1. The Labute approximate surface area is 176 Å². The number of phenolic OH excluding ortho intramolecular Hbond substituents is 1. The van der Waals surface area contributed by atoms with E-state index in [2.05, 4.69) is 32.3 Å². The van der Waals surface area contributed by atoms with E-state index < -0.39 is 4.87 Å². The minimum absolute atomic E-state index is 0.0522. The number of rotatable bonds is 3. The molecule has 0 bridgehead atoms. The topological polar surface area (TPSA) is 61.7 Å². The molecule has 2 aromatic carbocycles. The van der Waals surface area contributed by atoms with Gasteiger partial charge in [-0.05, 0) is 54.8 Å². The second kappa shape index (κ2) is 7.57. The number of alkyl halides is 1. The van der Waals surface area contributed by atoms with Gasteiger partial charge in [0.2, 0.25) is 5.91 Å². The zero-order valence-corrected chi connectivity index (χ0v) is 17.3. The number of carbonyl (C=O) groups is 1. The molecule has 0 fully saturated rings. The predicted octanol–water partition coefficient (Wildman–Crippen LogP) is 4.51. The standard InChI is InChI=1S/C22H18BrClN2O2/c23-18-4-2-1-3-15(18)11-22(24)10-9-19-17(12-22)21(25-13-20(28)26-19)14-5-7-16(27)8-6-14/h1-10,27H,11-13H2,(H,26,28). The number of benzene rings is 2. The smallest absolute Gasteiger partial charge is 0.246 e. The van der Waals surface area contributed by atoms with Crippen LogP contribution in [0.2, 0.25) is 0 Å². The lowest BCUT2D eigenvalue weighted by molar-refractivity contribution is -0.118. The highest BCUT2D eigenvalue weighted by Crippen LogP contribution is 2.38. The molecule has 1 aliphatic heterocycles. The number of carbonyl (C=O) groups excluding carboxylic acids is 1. The van der Waals surface area contributed by atoms with Crippen LogP contribution < -0.4 is 5.32 Å². The summed E-state index contributed by atoms with van der Waals surface area (Å²) in [5.74, 6) is 0.0318. The third-order valence-electron chi connectivity index (χ3n) is 4.87. The fraction of sp³-hybridized carbons (Fsp3) is 0.182. The molecule has 2 aromatic rings. The first-order valence-electron chi connectivity index (χ1n) is 8.92. The van der Waals surface area contributed by atoms with E-state index in [1.165, 1.54) is 0 Å². The van der Waals surface area contributed by atoms with Gasteiger partial charge in [0, 0.05) is 21.3 Å². The summed E-state index contributed by atoms with van der Waals surface area (Å²) in [7, 11) is 0. The number of nitrogens with one attached hydrogen (secondary N) is 1. The summed E-state index contributed by atoms with van der Waals surface area (Å²) in [6, 6.07) is 14.9. The van der Waals surface area contributed by atoms with Crippen molar-refractivity contribution in [3.8, 4) is 5.75 Å². The summed E-state index contributed by atoms with van der Waals surface area (Å²) in [4.78, 5) is 16.0. The van der Waals surface area contributed by atoms with E-state index in [0.717, 1.165) is 32.6 Å². The van der Waals surface area contributed by atoms with E-state index in [1.807, 2.05) is 30.4 Å². The number of phenols is 1. The highest BCUT2D eigenvalue weighted by atomic mass is 79.9. The molecule has 28 heavy (non-hydrogen) atoms. The van der Waals surface area contributed by atoms with Gasteiger partial charge in [-0.15, -0.1) is 11.6 Å². The van der Waals surface area contributed by atoms with Crippen LogP contribution in [-0.2, 0) is 11.2 Å². The van der Waals surface area contributed by atoms with Gasteiger partial charge in [-0.2, -0.15) is 0 Å². The molecule has 1 atom stereocenters. The Morgan fingerprint density at radius 2 is 1.93 bits per heavy atom. The number of amides is 1. The third-order valence-corrected chi connectivity index (χ3v) is 6.03. The zero-order valence-electron chi connectivity index (χ0n) is 15.0. The molecule has 2 N–H and O–H groups in total. The molecule has 142 valence electrons. The molecule has 4 rings (SSSR count). The van der Waals surface area contributed by atoms with E-state index in [-0.39, 0.29) is 18.2 Å². The summed E-state index contributed by atoms with van der Waals surface area (Å²) in [5.41, 5.74) is 4.33. The fourth-order valence-electron chi connectivity index (χ4n) is 3.51. The average molecular weight is 458 g/mol. The third kappa shape index (κ3) is 3.91. The van der Waals surface area contributed by atoms with E-state index in [9.17, 15) is 9.90 Å².